The number of hydrogen-bond donors (Lipinski definition) is 0. The van der Waals surface area contributed by atoms with E-state index in [-0.39, 0.29) is 0 Å². The summed E-state index contributed by atoms with van der Waals surface area (Å²) in [5, 5.41) is 0. The molecule has 0 amide bonds. The fraction of sp³-hybridized carbons (Fsp3) is 0.346. The Labute approximate surface area is 164 Å². The van der Waals surface area contributed by atoms with E-state index in [1.54, 1.807) is 0 Å². The molecule has 0 fully saturated rings. The maximum Gasteiger partial charge on any atom is 0.0403 e. The molecule has 0 radical (unpaired) electrons. The van der Waals surface area contributed by atoms with Crippen molar-refractivity contribution in [1.29, 1.82) is 0 Å². The van der Waals surface area contributed by atoms with E-state index in [2.05, 4.69) is 93.3 Å². The van der Waals surface area contributed by atoms with Gasteiger partial charge in [0, 0.05) is 11.9 Å². The highest BCUT2D eigenvalue weighted by molar-refractivity contribution is 5.34. The molecule has 0 aliphatic carbocycles. The second-order valence-corrected chi connectivity index (χ2v) is 7.88. The average Bonchev–Trinajstić information content (AvgIpc) is 2.68. The first-order valence-corrected chi connectivity index (χ1v) is 10.1. The maximum atomic E-state index is 4.43. The highest BCUT2D eigenvalue weighted by atomic mass is 14.7. The third-order valence-electron chi connectivity index (χ3n) is 5.42. The van der Waals surface area contributed by atoms with Crippen LogP contribution in [0.4, 0.5) is 0 Å². The third kappa shape index (κ3) is 5.29. The van der Waals surface area contributed by atoms with Crippen molar-refractivity contribution in [3.05, 3.63) is 100 Å². The third-order valence-corrected chi connectivity index (χ3v) is 5.42. The minimum Gasteiger partial charge on any atom is -0.261 e. The molecule has 0 saturated heterocycles. The van der Waals surface area contributed by atoms with Crippen molar-refractivity contribution >= 4 is 0 Å². The zero-order valence-electron chi connectivity index (χ0n) is 17.1. The lowest BCUT2D eigenvalue weighted by molar-refractivity contribution is 0.737. The topological polar surface area (TPSA) is 12.9 Å². The summed E-state index contributed by atoms with van der Waals surface area (Å²) in [6.07, 6.45) is 5.09. The number of aromatic nitrogens is 1. The van der Waals surface area contributed by atoms with E-state index in [1.807, 2.05) is 6.20 Å². The SMILES string of the molecule is CCc1cc(CC(C)c2cc(C)cc(CC(C)c3ccccc3)c2)ccn1. The lowest BCUT2D eigenvalue weighted by Crippen LogP contribution is -2.03. The molecule has 1 nitrogen and oxygen atoms in total. The number of aryl methyl sites for hydroxylation is 2. The van der Waals surface area contributed by atoms with Gasteiger partial charge in [0.25, 0.3) is 0 Å². The molecule has 1 aromatic heterocycles. The lowest BCUT2D eigenvalue weighted by Gasteiger charge is -2.17. The Hall–Kier alpha value is -2.41. The van der Waals surface area contributed by atoms with Crippen LogP contribution < -0.4 is 0 Å². The van der Waals surface area contributed by atoms with E-state index in [9.17, 15) is 0 Å². The van der Waals surface area contributed by atoms with Crippen LogP contribution in [0.25, 0.3) is 0 Å². The molecule has 0 N–H and O–H groups in total. The molecule has 0 spiro atoms. The van der Waals surface area contributed by atoms with E-state index >= 15 is 0 Å². The van der Waals surface area contributed by atoms with Gasteiger partial charge in [-0.05, 0) is 72.4 Å². The van der Waals surface area contributed by atoms with Crippen LogP contribution in [0.2, 0.25) is 0 Å². The van der Waals surface area contributed by atoms with E-state index in [0.29, 0.717) is 11.8 Å². The molecule has 3 rings (SSSR count). The molecule has 0 bridgehead atoms. The Morgan fingerprint density at radius 2 is 1.48 bits per heavy atom. The van der Waals surface area contributed by atoms with Crippen molar-refractivity contribution in [3.8, 4) is 0 Å². The van der Waals surface area contributed by atoms with E-state index < -0.39 is 0 Å². The molecule has 2 unspecified atom stereocenters. The van der Waals surface area contributed by atoms with Crippen LogP contribution in [-0.2, 0) is 19.3 Å². The summed E-state index contributed by atoms with van der Waals surface area (Å²) in [5.41, 5.74) is 8.23. The molecule has 2 atom stereocenters. The number of rotatable bonds is 7. The van der Waals surface area contributed by atoms with Crippen LogP contribution in [0, 0.1) is 6.92 Å². The Bertz CT molecular complexity index is 866. The summed E-state index contributed by atoms with van der Waals surface area (Å²) >= 11 is 0. The van der Waals surface area contributed by atoms with Gasteiger partial charge in [0.2, 0.25) is 0 Å². The molecule has 1 heterocycles. The normalized spacial score (nSPS) is 13.3. The van der Waals surface area contributed by atoms with Crippen molar-refractivity contribution in [2.24, 2.45) is 0 Å². The minimum absolute atomic E-state index is 0.503. The lowest BCUT2D eigenvalue weighted by atomic mass is 9.88. The van der Waals surface area contributed by atoms with Gasteiger partial charge in [0.05, 0.1) is 0 Å². The molecule has 0 aliphatic heterocycles. The monoisotopic (exact) mass is 357 g/mol. The predicted octanol–water partition coefficient (Wildman–Crippen LogP) is 6.64. The van der Waals surface area contributed by atoms with Crippen LogP contribution in [0.3, 0.4) is 0 Å². The van der Waals surface area contributed by atoms with Crippen LogP contribution >= 0.6 is 0 Å². The Kier molecular flexibility index (Phi) is 6.45. The van der Waals surface area contributed by atoms with E-state index in [1.165, 1.54) is 33.5 Å². The van der Waals surface area contributed by atoms with Gasteiger partial charge in [-0.15, -0.1) is 0 Å². The zero-order chi connectivity index (χ0) is 19.2. The van der Waals surface area contributed by atoms with Crippen molar-refractivity contribution in [3.63, 3.8) is 0 Å². The van der Waals surface area contributed by atoms with Gasteiger partial charge in [-0.1, -0.05) is 74.9 Å². The molecule has 0 aliphatic rings. The van der Waals surface area contributed by atoms with Crippen LogP contribution in [0.5, 0.6) is 0 Å². The van der Waals surface area contributed by atoms with Crippen molar-refractivity contribution < 1.29 is 0 Å². The molecule has 27 heavy (non-hydrogen) atoms. The van der Waals surface area contributed by atoms with E-state index in [0.717, 1.165) is 19.3 Å². The molecular formula is C26H31N. The number of benzene rings is 2. The molecular weight excluding hydrogens is 326 g/mol. The van der Waals surface area contributed by atoms with Crippen molar-refractivity contribution in [2.75, 3.05) is 0 Å². The largest absolute Gasteiger partial charge is 0.261 e. The van der Waals surface area contributed by atoms with Gasteiger partial charge in [-0.3, -0.25) is 4.98 Å². The summed E-state index contributed by atoms with van der Waals surface area (Å²) < 4.78 is 0. The summed E-state index contributed by atoms with van der Waals surface area (Å²) in [6.45, 7) is 9.04. The molecule has 3 aromatic rings. The van der Waals surface area contributed by atoms with Gasteiger partial charge in [-0.2, -0.15) is 0 Å². The molecule has 2 aromatic carbocycles. The van der Waals surface area contributed by atoms with Gasteiger partial charge < -0.3 is 0 Å². The van der Waals surface area contributed by atoms with E-state index in [4.69, 9.17) is 0 Å². The first kappa shape index (κ1) is 19.4. The van der Waals surface area contributed by atoms with Crippen molar-refractivity contribution in [2.45, 2.75) is 58.8 Å². The first-order valence-electron chi connectivity index (χ1n) is 10.1. The summed E-state index contributed by atoms with van der Waals surface area (Å²) in [4.78, 5) is 4.43. The van der Waals surface area contributed by atoms with Crippen LogP contribution in [0.1, 0.15) is 66.1 Å². The number of hydrogen-bond acceptors (Lipinski definition) is 1. The summed E-state index contributed by atoms with van der Waals surface area (Å²) in [7, 11) is 0. The first-order chi connectivity index (χ1) is 13.0. The Morgan fingerprint density at radius 1 is 0.778 bits per heavy atom. The number of nitrogens with zero attached hydrogens (tertiary/aromatic N) is 1. The molecule has 1 heteroatoms. The fourth-order valence-corrected chi connectivity index (χ4v) is 3.87. The second-order valence-electron chi connectivity index (χ2n) is 7.88. The van der Waals surface area contributed by atoms with Gasteiger partial charge in [0.1, 0.15) is 0 Å². The van der Waals surface area contributed by atoms with Gasteiger partial charge in [-0.25, -0.2) is 0 Å². The molecule has 140 valence electrons. The number of pyridine rings is 1. The Morgan fingerprint density at radius 3 is 2.22 bits per heavy atom. The maximum absolute atomic E-state index is 4.43. The van der Waals surface area contributed by atoms with Crippen LogP contribution in [0.15, 0.2) is 66.9 Å². The predicted molar refractivity (Wildman–Crippen MR) is 115 cm³/mol. The quantitative estimate of drug-likeness (QED) is 0.461. The van der Waals surface area contributed by atoms with Gasteiger partial charge in [0.15, 0.2) is 0 Å². The fourth-order valence-electron chi connectivity index (χ4n) is 3.87. The average molecular weight is 358 g/mol. The van der Waals surface area contributed by atoms with Gasteiger partial charge >= 0.3 is 0 Å². The molecule has 0 saturated carbocycles. The smallest absolute Gasteiger partial charge is 0.0403 e. The summed E-state index contributed by atoms with van der Waals surface area (Å²) in [5.74, 6) is 1.03. The minimum atomic E-state index is 0.503. The van der Waals surface area contributed by atoms with Crippen LogP contribution in [-0.4, -0.2) is 4.98 Å². The second kappa shape index (κ2) is 8.99. The zero-order valence-corrected chi connectivity index (χ0v) is 17.1. The highest BCUT2D eigenvalue weighted by Crippen LogP contribution is 2.26. The standard InChI is InChI=1S/C26H31N/c1-5-26-18-22(11-12-27-26)15-21(4)25-14-19(2)13-23(17-25)16-20(3)24-9-7-6-8-10-24/h6-14,17-18,20-21H,5,15-16H2,1-4H3. The Balaban J connectivity index is 1.75. The highest BCUT2D eigenvalue weighted by Gasteiger charge is 2.12. The van der Waals surface area contributed by atoms with Crippen molar-refractivity contribution in [1.82, 2.24) is 4.98 Å². The summed E-state index contributed by atoms with van der Waals surface area (Å²) in [6, 6.07) is 22.3.